The van der Waals surface area contributed by atoms with Gasteiger partial charge in [0.15, 0.2) is 5.65 Å². The second-order valence-corrected chi connectivity index (χ2v) is 10.4. The number of aromatic amines is 1. The molecule has 9 nitrogen and oxygen atoms in total. The molecule has 0 aliphatic carbocycles. The SMILES string of the molecule is CC(CN1CCOCC1)N1C(=O)C2(CCN(C(=O)c3cnc4[nH]ncc4c3)CC2)c2c(Cl)cccc21. The number of benzene rings is 1. The van der Waals surface area contributed by atoms with Gasteiger partial charge in [-0.25, -0.2) is 4.98 Å². The highest BCUT2D eigenvalue weighted by Crippen LogP contribution is 2.51. The molecule has 2 saturated heterocycles. The van der Waals surface area contributed by atoms with Gasteiger partial charge in [-0.1, -0.05) is 17.7 Å². The van der Waals surface area contributed by atoms with Gasteiger partial charge in [0.25, 0.3) is 5.91 Å². The summed E-state index contributed by atoms with van der Waals surface area (Å²) in [7, 11) is 0. The molecule has 2 aromatic heterocycles. The number of likely N-dealkylation sites (tertiary alicyclic amines) is 1. The van der Waals surface area contributed by atoms with Gasteiger partial charge in [-0.3, -0.25) is 19.6 Å². The van der Waals surface area contributed by atoms with Crippen LogP contribution < -0.4 is 4.90 Å². The largest absolute Gasteiger partial charge is 0.379 e. The van der Waals surface area contributed by atoms with Crippen molar-refractivity contribution < 1.29 is 14.3 Å². The molecular weight excluding hydrogens is 480 g/mol. The van der Waals surface area contributed by atoms with Gasteiger partial charge in [0.2, 0.25) is 5.91 Å². The Morgan fingerprint density at radius 2 is 1.97 bits per heavy atom. The zero-order valence-electron chi connectivity index (χ0n) is 20.2. The van der Waals surface area contributed by atoms with E-state index in [2.05, 4.69) is 27.0 Å². The Morgan fingerprint density at radius 1 is 1.19 bits per heavy atom. The molecule has 0 radical (unpaired) electrons. The van der Waals surface area contributed by atoms with Crippen molar-refractivity contribution in [1.29, 1.82) is 0 Å². The number of H-pyrrole nitrogens is 1. The zero-order valence-corrected chi connectivity index (χ0v) is 21.0. The number of amides is 2. The van der Waals surface area contributed by atoms with Crippen LogP contribution >= 0.6 is 11.6 Å². The fourth-order valence-electron chi connectivity index (χ4n) is 6.00. The first-order valence-electron chi connectivity index (χ1n) is 12.5. The number of morpholine rings is 1. The van der Waals surface area contributed by atoms with E-state index in [1.807, 2.05) is 28.0 Å². The minimum atomic E-state index is -0.712. The standard InChI is InChI=1S/C26H29ClN6O3/c1-17(16-31-9-11-36-12-10-31)33-21-4-2-3-20(27)22(21)26(25(33)35)5-7-32(8-6-26)24(34)19-13-18-15-29-30-23(18)28-14-19/h2-4,13-15,17H,5-12,16H2,1H3,(H,28,29,30). The van der Waals surface area contributed by atoms with E-state index in [4.69, 9.17) is 16.3 Å². The van der Waals surface area contributed by atoms with Gasteiger partial charge in [-0.15, -0.1) is 0 Å². The van der Waals surface area contributed by atoms with E-state index in [1.54, 1.807) is 18.5 Å². The third kappa shape index (κ3) is 3.77. The summed E-state index contributed by atoms with van der Waals surface area (Å²) in [6.45, 7) is 7.03. The number of hydrogen-bond acceptors (Lipinski definition) is 6. The van der Waals surface area contributed by atoms with Crippen LogP contribution in [0.5, 0.6) is 0 Å². The summed E-state index contributed by atoms with van der Waals surface area (Å²) in [4.78, 5) is 37.8. The Hall–Kier alpha value is -3.01. The van der Waals surface area contributed by atoms with Crippen LogP contribution in [0.4, 0.5) is 5.69 Å². The molecule has 10 heteroatoms. The topological polar surface area (TPSA) is 94.7 Å². The molecule has 36 heavy (non-hydrogen) atoms. The van der Waals surface area contributed by atoms with E-state index in [-0.39, 0.29) is 17.9 Å². The lowest BCUT2D eigenvalue weighted by Crippen LogP contribution is -2.53. The van der Waals surface area contributed by atoms with Gasteiger partial charge in [-0.2, -0.15) is 5.10 Å². The van der Waals surface area contributed by atoms with Crippen LogP contribution in [0, 0.1) is 0 Å². The van der Waals surface area contributed by atoms with Gasteiger partial charge >= 0.3 is 0 Å². The van der Waals surface area contributed by atoms with Crippen molar-refractivity contribution >= 4 is 40.1 Å². The van der Waals surface area contributed by atoms with Gasteiger partial charge in [-0.05, 0) is 38.0 Å². The first-order valence-corrected chi connectivity index (χ1v) is 12.9. The molecule has 188 valence electrons. The summed E-state index contributed by atoms with van der Waals surface area (Å²) in [6, 6.07) is 7.60. The van der Waals surface area contributed by atoms with Crippen molar-refractivity contribution in [1.82, 2.24) is 25.0 Å². The summed E-state index contributed by atoms with van der Waals surface area (Å²) < 4.78 is 5.49. The maximum absolute atomic E-state index is 14.1. The second-order valence-electron chi connectivity index (χ2n) is 9.98. The Balaban J connectivity index is 1.24. The average Bonchev–Trinajstić information content (AvgIpc) is 3.46. The number of rotatable bonds is 4. The van der Waals surface area contributed by atoms with E-state index >= 15 is 0 Å². The molecular formula is C26H29ClN6O3. The van der Waals surface area contributed by atoms with Crippen molar-refractivity contribution in [2.75, 3.05) is 50.8 Å². The van der Waals surface area contributed by atoms with E-state index in [0.29, 0.717) is 42.2 Å². The normalized spacial score (nSPS) is 20.8. The summed E-state index contributed by atoms with van der Waals surface area (Å²) in [6.07, 6.45) is 4.31. The Kier molecular flexibility index (Phi) is 5.94. The third-order valence-electron chi connectivity index (χ3n) is 7.87. The first-order chi connectivity index (χ1) is 17.5. The number of fused-ring (bicyclic) bond motifs is 3. The van der Waals surface area contributed by atoms with Crippen LogP contribution in [-0.2, 0) is 14.9 Å². The average molecular weight is 509 g/mol. The predicted molar refractivity (Wildman–Crippen MR) is 136 cm³/mol. The van der Waals surface area contributed by atoms with Crippen LogP contribution in [0.15, 0.2) is 36.7 Å². The molecule has 1 N–H and O–H groups in total. The van der Waals surface area contributed by atoms with Gasteiger partial charge in [0, 0.05) is 66.6 Å². The number of halogens is 1. The number of ether oxygens (including phenoxy) is 1. The molecule has 1 aromatic carbocycles. The minimum Gasteiger partial charge on any atom is -0.379 e. The number of carbonyl (C=O) groups excluding carboxylic acids is 2. The number of nitrogens with zero attached hydrogens (tertiary/aromatic N) is 5. The van der Waals surface area contributed by atoms with Crippen LogP contribution in [-0.4, -0.2) is 88.8 Å². The van der Waals surface area contributed by atoms with Crippen LogP contribution in [0.25, 0.3) is 11.0 Å². The molecule has 6 rings (SSSR count). The van der Waals surface area contributed by atoms with Crippen molar-refractivity contribution in [3.05, 3.63) is 52.8 Å². The molecule has 1 spiro atoms. The number of nitrogens with one attached hydrogen (secondary N) is 1. The summed E-state index contributed by atoms with van der Waals surface area (Å²) in [5, 5.41) is 8.21. The van der Waals surface area contributed by atoms with Crippen molar-refractivity contribution in [2.24, 2.45) is 0 Å². The molecule has 3 aliphatic heterocycles. The predicted octanol–water partition coefficient (Wildman–Crippen LogP) is 2.85. The minimum absolute atomic E-state index is 0.000356. The van der Waals surface area contributed by atoms with Crippen molar-refractivity contribution in [3.8, 4) is 0 Å². The third-order valence-corrected chi connectivity index (χ3v) is 8.18. The lowest BCUT2D eigenvalue weighted by molar-refractivity contribution is -0.125. The van der Waals surface area contributed by atoms with E-state index in [0.717, 1.165) is 49.5 Å². The van der Waals surface area contributed by atoms with Gasteiger partial charge < -0.3 is 14.5 Å². The maximum Gasteiger partial charge on any atom is 0.255 e. The fraction of sp³-hybridized carbons (Fsp3) is 0.462. The highest BCUT2D eigenvalue weighted by molar-refractivity contribution is 6.33. The lowest BCUT2D eigenvalue weighted by atomic mass is 9.73. The van der Waals surface area contributed by atoms with Crippen LogP contribution in [0.3, 0.4) is 0 Å². The summed E-state index contributed by atoms with van der Waals surface area (Å²) in [5.74, 6) is 0.0164. The molecule has 1 unspecified atom stereocenters. The molecule has 5 heterocycles. The smallest absolute Gasteiger partial charge is 0.255 e. The van der Waals surface area contributed by atoms with Gasteiger partial charge in [0.1, 0.15) is 0 Å². The molecule has 2 amide bonds. The number of aromatic nitrogens is 3. The summed E-state index contributed by atoms with van der Waals surface area (Å²) in [5.41, 5.74) is 2.29. The number of hydrogen-bond donors (Lipinski definition) is 1. The van der Waals surface area contributed by atoms with Crippen LogP contribution in [0.2, 0.25) is 5.02 Å². The molecule has 0 saturated carbocycles. The number of pyridine rings is 1. The highest BCUT2D eigenvalue weighted by Gasteiger charge is 2.54. The molecule has 1 atom stereocenters. The lowest BCUT2D eigenvalue weighted by Gasteiger charge is -2.39. The molecule has 3 aromatic rings. The fourth-order valence-corrected chi connectivity index (χ4v) is 6.35. The Bertz CT molecular complexity index is 1310. The Labute approximate surface area is 214 Å². The van der Waals surface area contributed by atoms with Gasteiger partial charge in [0.05, 0.1) is 30.4 Å². The van der Waals surface area contributed by atoms with Crippen LogP contribution in [0.1, 0.15) is 35.7 Å². The van der Waals surface area contributed by atoms with Crippen molar-refractivity contribution in [2.45, 2.75) is 31.2 Å². The summed E-state index contributed by atoms with van der Waals surface area (Å²) >= 11 is 6.76. The zero-order chi connectivity index (χ0) is 24.9. The number of carbonyl (C=O) groups is 2. The molecule has 3 aliphatic rings. The van der Waals surface area contributed by atoms with E-state index in [9.17, 15) is 9.59 Å². The van der Waals surface area contributed by atoms with E-state index < -0.39 is 5.41 Å². The highest BCUT2D eigenvalue weighted by atomic mass is 35.5. The maximum atomic E-state index is 14.1. The quantitative estimate of drug-likeness (QED) is 0.582. The monoisotopic (exact) mass is 508 g/mol. The van der Waals surface area contributed by atoms with Crippen molar-refractivity contribution in [3.63, 3.8) is 0 Å². The molecule has 2 fully saturated rings. The van der Waals surface area contributed by atoms with E-state index in [1.165, 1.54) is 0 Å². The second kappa shape index (κ2) is 9.14. The number of anilines is 1. The Morgan fingerprint density at radius 3 is 2.75 bits per heavy atom. The molecule has 0 bridgehead atoms. The first kappa shape index (κ1) is 23.4. The number of piperidine rings is 1.